The Bertz CT molecular complexity index is 1540. The maximum atomic E-state index is 16.0. The highest BCUT2D eigenvalue weighted by Gasteiger charge is 2.64. The Morgan fingerprint density at radius 1 is 0.327 bits per heavy atom. The summed E-state index contributed by atoms with van der Waals surface area (Å²) in [6.07, 6.45) is -8.02. The molecule has 3 rings (SSSR count). The molecule has 49 heavy (non-hydrogen) atoms. The number of benzene rings is 3. The summed E-state index contributed by atoms with van der Waals surface area (Å²) in [6, 6.07) is 0. The summed E-state index contributed by atoms with van der Waals surface area (Å²) < 4.78 is 228. The highest BCUT2D eigenvalue weighted by atomic mass is 31.2. The van der Waals surface area contributed by atoms with Crippen LogP contribution in [0.5, 0.6) is 0 Å². The molecule has 0 heterocycles. The van der Waals surface area contributed by atoms with E-state index in [9.17, 15) is 39.5 Å². The van der Waals surface area contributed by atoms with Gasteiger partial charge in [-0.05, 0) is 62.3 Å². The maximum Gasteiger partial charge on any atom is 0.200 e. The first kappa shape index (κ1) is 40.5. The van der Waals surface area contributed by atoms with E-state index in [-0.39, 0.29) is 0 Å². The smallest absolute Gasteiger partial charge is 0.200 e. The minimum atomic E-state index is -5.61. The lowest BCUT2D eigenvalue weighted by Gasteiger charge is -2.56. The van der Waals surface area contributed by atoms with Crippen molar-refractivity contribution in [3.8, 4) is 0 Å². The van der Waals surface area contributed by atoms with Crippen LogP contribution in [-0.4, -0.2) is 27.8 Å². The molecule has 0 aliphatic rings. The molecule has 0 saturated heterocycles. The Morgan fingerprint density at radius 2 is 0.490 bits per heavy atom. The molecule has 3 aromatic carbocycles. The molecule has 0 aliphatic carbocycles. The Morgan fingerprint density at radius 3 is 0.653 bits per heavy atom. The van der Waals surface area contributed by atoms with Crippen molar-refractivity contribution in [3.63, 3.8) is 0 Å². The van der Waals surface area contributed by atoms with Crippen molar-refractivity contribution < 1.29 is 65.9 Å². The van der Waals surface area contributed by atoms with Gasteiger partial charge < -0.3 is 0 Å². The molecule has 0 spiro atoms. The van der Waals surface area contributed by atoms with E-state index in [1.165, 1.54) is 0 Å². The molecular formula is C32H31BF15P. The first-order valence-electron chi connectivity index (χ1n) is 14.6. The molecule has 0 unspecified atom stereocenters. The van der Waals surface area contributed by atoms with Gasteiger partial charge in [-0.15, -0.1) is 22.7 Å². The fourth-order valence-electron chi connectivity index (χ4n) is 8.44. The SMILES string of the molecule is CC(C)(C)[P+](CC[B-](c1c(F)c(F)c(F)c(F)c1F)(c1c(F)c(F)c(F)c(F)c1F)c1c(F)c(F)c(F)c(F)c1F)(C(C)(C)C)C(C)(C)C. The van der Waals surface area contributed by atoms with Gasteiger partial charge in [-0.25, -0.2) is 65.9 Å². The van der Waals surface area contributed by atoms with Crippen molar-refractivity contribution in [2.75, 3.05) is 6.16 Å². The molecule has 0 nitrogen and oxygen atoms in total. The third kappa shape index (κ3) is 5.71. The molecule has 0 fully saturated rings. The normalized spacial score (nSPS) is 13.5. The minimum absolute atomic E-state index is 0.762. The number of rotatable bonds is 6. The summed E-state index contributed by atoms with van der Waals surface area (Å²) in [5.41, 5.74) is -7.67. The van der Waals surface area contributed by atoms with Gasteiger partial charge in [-0.1, -0.05) is 0 Å². The summed E-state index contributed by atoms with van der Waals surface area (Å²) in [7, 11) is -3.20. The van der Waals surface area contributed by atoms with Gasteiger partial charge in [0.05, 0.1) is 15.5 Å². The second-order valence-corrected chi connectivity index (χ2v) is 20.9. The number of halogens is 15. The predicted molar refractivity (Wildman–Crippen MR) is 159 cm³/mol. The molecule has 0 saturated carbocycles. The van der Waals surface area contributed by atoms with Crippen molar-refractivity contribution in [1.82, 2.24) is 0 Å². The van der Waals surface area contributed by atoms with Crippen molar-refractivity contribution in [1.29, 1.82) is 0 Å². The average molecular weight is 742 g/mol. The van der Waals surface area contributed by atoms with Gasteiger partial charge in [0.2, 0.25) is 0 Å². The van der Waals surface area contributed by atoms with Gasteiger partial charge in [0, 0.05) is 13.4 Å². The van der Waals surface area contributed by atoms with Gasteiger partial charge >= 0.3 is 0 Å². The second-order valence-electron chi connectivity index (χ2n) is 14.8. The van der Waals surface area contributed by atoms with E-state index in [4.69, 9.17) is 0 Å². The molecule has 0 amide bonds. The van der Waals surface area contributed by atoms with Crippen LogP contribution in [0.25, 0.3) is 0 Å². The third-order valence-electron chi connectivity index (χ3n) is 9.54. The standard InChI is InChI=1S/C32H31BF15P/c1-30(2,3)49(31(4,5)6,32(7,8)9)11-10-33(12-15(34)21(40)27(46)22(41)16(12)35,13-17(36)23(42)28(47)24(43)18(13)37)14-19(38)25(44)29(48)26(45)20(14)39/h10-11H2,1-9H3. The molecule has 0 aliphatic heterocycles. The van der Waals surface area contributed by atoms with Gasteiger partial charge in [0.25, 0.3) is 0 Å². The highest BCUT2D eigenvalue weighted by Crippen LogP contribution is 2.83. The van der Waals surface area contributed by atoms with Crippen LogP contribution >= 0.6 is 7.26 Å². The molecule has 0 atom stereocenters. The fourth-order valence-corrected chi connectivity index (χ4v) is 17.3. The van der Waals surface area contributed by atoms with E-state index in [0.29, 0.717) is 0 Å². The molecule has 0 aromatic heterocycles. The van der Waals surface area contributed by atoms with Crippen molar-refractivity contribution >= 4 is 29.8 Å². The van der Waals surface area contributed by atoms with Crippen LogP contribution < -0.4 is 16.4 Å². The average Bonchev–Trinajstić information content (AvgIpc) is 2.97. The monoisotopic (exact) mass is 742 g/mol. The minimum Gasteiger partial charge on any atom is -0.207 e. The van der Waals surface area contributed by atoms with E-state index in [1.54, 1.807) is 62.3 Å². The van der Waals surface area contributed by atoms with Gasteiger partial charge in [0.1, 0.15) is 41.0 Å². The molecule has 272 valence electrons. The largest absolute Gasteiger partial charge is 0.207 e. The second kappa shape index (κ2) is 12.7. The number of hydrogen-bond acceptors (Lipinski definition) is 0. The van der Waals surface area contributed by atoms with E-state index in [1.807, 2.05) is 0 Å². The lowest BCUT2D eigenvalue weighted by molar-refractivity contribution is 0.379. The van der Waals surface area contributed by atoms with Crippen LogP contribution in [0.1, 0.15) is 62.3 Å². The lowest BCUT2D eigenvalue weighted by atomic mass is 9.14. The Hall–Kier alpha value is -2.90. The molecule has 0 radical (unpaired) electrons. The molecule has 17 heteroatoms. The van der Waals surface area contributed by atoms with Gasteiger partial charge in [0.15, 0.2) is 52.4 Å². The van der Waals surface area contributed by atoms with Crippen LogP contribution in [0, 0.1) is 87.3 Å². The predicted octanol–water partition coefficient (Wildman–Crippen LogP) is 9.66. The van der Waals surface area contributed by atoms with E-state index in [0.717, 1.165) is 0 Å². The first-order chi connectivity index (χ1) is 22.0. The zero-order valence-corrected chi connectivity index (χ0v) is 28.5. The highest BCUT2D eigenvalue weighted by molar-refractivity contribution is 7.80. The third-order valence-corrected chi connectivity index (χ3v) is 17.3. The number of hydrogen-bond donors (Lipinski definition) is 0. The molecule has 3 aromatic rings. The van der Waals surface area contributed by atoms with Crippen LogP contribution in [0.2, 0.25) is 6.32 Å². The van der Waals surface area contributed by atoms with Gasteiger partial charge in [-0.2, -0.15) is 0 Å². The van der Waals surface area contributed by atoms with Gasteiger partial charge in [-0.3, -0.25) is 0 Å². The van der Waals surface area contributed by atoms with E-state index in [2.05, 4.69) is 0 Å². The molecule has 0 bridgehead atoms. The topological polar surface area (TPSA) is 0 Å². The van der Waals surface area contributed by atoms with Crippen molar-refractivity contribution in [2.24, 2.45) is 0 Å². The summed E-state index contributed by atoms with van der Waals surface area (Å²) in [5.74, 6) is -44.6. The summed E-state index contributed by atoms with van der Waals surface area (Å²) >= 11 is 0. The summed E-state index contributed by atoms with van der Waals surface area (Å²) in [6.45, 7) is 14.6. The quantitative estimate of drug-likeness (QED) is 0.0777. The maximum absolute atomic E-state index is 16.0. The van der Waals surface area contributed by atoms with Crippen LogP contribution in [0.15, 0.2) is 0 Å². The van der Waals surface area contributed by atoms with Crippen molar-refractivity contribution in [2.45, 2.75) is 84.1 Å². The first-order valence-corrected chi connectivity index (χ1v) is 16.6. The fraction of sp³-hybridized carbons (Fsp3) is 0.438. The molecular weight excluding hydrogens is 711 g/mol. The Kier molecular flexibility index (Phi) is 10.5. The zero-order valence-electron chi connectivity index (χ0n) is 27.6. The Balaban J connectivity index is 2.94. The zero-order chi connectivity index (χ0) is 38.3. The van der Waals surface area contributed by atoms with E-state index < -0.39 is 145 Å². The van der Waals surface area contributed by atoms with Crippen LogP contribution in [0.3, 0.4) is 0 Å². The van der Waals surface area contributed by atoms with E-state index >= 15 is 26.3 Å². The Labute approximate surface area is 273 Å². The van der Waals surface area contributed by atoms with Crippen LogP contribution in [0.4, 0.5) is 65.9 Å². The summed E-state index contributed by atoms with van der Waals surface area (Å²) in [4.78, 5) is 0. The summed E-state index contributed by atoms with van der Waals surface area (Å²) in [5, 5.41) is -2.97. The van der Waals surface area contributed by atoms with Crippen molar-refractivity contribution in [3.05, 3.63) is 87.3 Å². The lowest BCUT2D eigenvalue weighted by Crippen LogP contribution is -2.73. The molecule has 0 N–H and O–H groups in total. The van der Waals surface area contributed by atoms with Crippen LogP contribution in [-0.2, 0) is 0 Å².